The minimum atomic E-state index is -0.558. The molecule has 0 saturated heterocycles. The van der Waals surface area contributed by atoms with Crippen LogP contribution < -0.4 is 16.1 Å². The zero-order chi connectivity index (χ0) is 17.9. The summed E-state index contributed by atoms with van der Waals surface area (Å²) in [5.41, 5.74) is 7.90. The Morgan fingerprint density at radius 3 is 2.69 bits per heavy atom. The lowest BCUT2D eigenvalue weighted by Crippen LogP contribution is -2.43. The number of hydrogen-bond donors (Lipinski definition) is 2. The maximum absolute atomic E-state index is 11.6. The van der Waals surface area contributed by atoms with Gasteiger partial charge in [-0.05, 0) is 42.0 Å². The molecule has 6 nitrogen and oxygen atoms in total. The molecule has 1 atom stereocenters. The van der Waals surface area contributed by atoms with Crippen molar-refractivity contribution in [3.8, 4) is 0 Å². The number of hydrogen-bond acceptors (Lipinski definition) is 5. The zero-order valence-corrected chi connectivity index (χ0v) is 14.6. The SMILES string of the molecule is NC(=O)C1=NN(c2cc(C3CCCC3)ccn2)C(Cc2ccccc2)N1. The van der Waals surface area contributed by atoms with E-state index in [1.54, 1.807) is 5.01 Å². The number of carbonyl (C=O) groups is 1. The van der Waals surface area contributed by atoms with Gasteiger partial charge in [-0.1, -0.05) is 43.2 Å². The highest BCUT2D eigenvalue weighted by atomic mass is 16.1. The van der Waals surface area contributed by atoms with E-state index in [0.29, 0.717) is 12.3 Å². The molecule has 3 N–H and O–H groups in total. The molecule has 1 saturated carbocycles. The van der Waals surface area contributed by atoms with Gasteiger partial charge < -0.3 is 11.1 Å². The van der Waals surface area contributed by atoms with Gasteiger partial charge in [0.1, 0.15) is 6.17 Å². The number of nitrogens with zero attached hydrogens (tertiary/aromatic N) is 3. The molecule has 2 aromatic rings. The molecule has 1 unspecified atom stereocenters. The number of hydrazone groups is 1. The van der Waals surface area contributed by atoms with Crippen LogP contribution in [-0.4, -0.2) is 22.9 Å². The lowest BCUT2D eigenvalue weighted by molar-refractivity contribution is -0.112. The van der Waals surface area contributed by atoms with Gasteiger partial charge in [-0.25, -0.2) is 9.99 Å². The summed E-state index contributed by atoms with van der Waals surface area (Å²) in [4.78, 5) is 16.1. The molecule has 1 fully saturated rings. The van der Waals surface area contributed by atoms with Gasteiger partial charge >= 0.3 is 0 Å². The van der Waals surface area contributed by atoms with Crippen LogP contribution in [0.2, 0.25) is 0 Å². The normalized spacial score (nSPS) is 20.1. The predicted molar refractivity (Wildman–Crippen MR) is 102 cm³/mol. The Balaban J connectivity index is 1.62. The van der Waals surface area contributed by atoms with Crippen molar-refractivity contribution in [3.05, 3.63) is 59.8 Å². The highest BCUT2D eigenvalue weighted by Crippen LogP contribution is 2.35. The van der Waals surface area contributed by atoms with Crippen LogP contribution in [0.3, 0.4) is 0 Å². The third-order valence-corrected chi connectivity index (χ3v) is 5.14. The number of benzene rings is 1. The zero-order valence-electron chi connectivity index (χ0n) is 14.6. The van der Waals surface area contributed by atoms with Gasteiger partial charge in [-0.3, -0.25) is 4.79 Å². The Morgan fingerprint density at radius 1 is 1.19 bits per heavy atom. The number of rotatable bonds is 5. The fraction of sp³-hybridized carbons (Fsp3) is 0.350. The lowest BCUT2D eigenvalue weighted by Gasteiger charge is -2.23. The van der Waals surface area contributed by atoms with Gasteiger partial charge in [0.05, 0.1) is 0 Å². The predicted octanol–water partition coefficient (Wildman–Crippen LogP) is 2.52. The number of nitrogens with two attached hydrogens (primary N) is 1. The molecule has 134 valence electrons. The number of nitrogens with one attached hydrogen (secondary N) is 1. The molecule has 0 spiro atoms. The average molecular weight is 349 g/mol. The fourth-order valence-corrected chi connectivity index (χ4v) is 3.80. The van der Waals surface area contributed by atoms with E-state index in [4.69, 9.17) is 5.73 Å². The number of anilines is 1. The minimum absolute atomic E-state index is 0.180. The number of amides is 1. The van der Waals surface area contributed by atoms with E-state index in [9.17, 15) is 4.79 Å². The summed E-state index contributed by atoms with van der Waals surface area (Å²) < 4.78 is 0. The molecule has 4 rings (SSSR count). The first kappa shape index (κ1) is 16.6. The van der Waals surface area contributed by atoms with E-state index in [1.807, 2.05) is 24.4 Å². The van der Waals surface area contributed by atoms with Gasteiger partial charge in [0, 0.05) is 12.6 Å². The number of aromatic nitrogens is 1. The summed E-state index contributed by atoms with van der Waals surface area (Å²) in [5, 5.41) is 9.33. The quantitative estimate of drug-likeness (QED) is 0.869. The minimum Gasteiger partial charge on any atom is -0.363 e. The maximum Gasteiger partial charge on any atom is 0.286 e. The molecule has 2 heterocycles. The Kier molecular flexibility index (Phi) is 4.56. The molecule has 1 aliphatic carbocycles. The molecule has 26 heavy (non-hydrogen) atoms. The van der Waals surface area contributed by atoms with Gasteiger partial charge in [0.25, 0.3) is 5.91 Å². The second-order valence-electron chi connectivity index (χ2n) is 6.94. The highest BCUT2D eigenvalue weighted by molar-refractivity contribution is 6.38. The van der Waals surface area contributed by atoms with Gasteiger partial charge in [0.15, 0.2) is 5.82 Å². The molecular formula is C20H23N5O. The maximum atomic E-state index is 11.6. The third kappa shape index (κ3) is 3.40. The lowest BCUT2D eigenvalue weighted by atomic mass is 9.99. The van der Waals surface area contributed by atoms with Crippen molar-refractivity contribution in [2.45, 2.75) is 44.2 Å². The molecule has 2 aliphatic rings. The van der Waals surface area contributed by atoms with Crippen LogP contribution >= 0.6 is 0 Å². The van der Waals surface area contributed by atoms with Crippen LogP contribution in [0.4, 0.5) is 5.82 Å². The summed E-state index contributed by atoms with van der Waals surface area (Å²) in [5.74, 6) is 0.968. The second kappa shape index (κ2) is 7.15. The summed E-state index contributed by atoms with van der Waals surface area (Å²) in [6.07, 6.45) is 7.36. The number of carbonyl (C=O) groups excluding carboxylic acids is 1. The van der Waals surface area contributed by atoms with E-state index in [1.165, 1.54) is 31.2 Å². The number of primary amides is 1. The third-order valence-electron chi connectivity index (χ3n) is 5.14. The molecular weight excluding hydrogens is 326 g/mol. The van der Waals surface area contributed by atoms with Crippen molar-refractivity contribution in [1.82, 2.24) is 10.3 Å². The molecule has 1 aromatic heterocycles. The van der Waals surface area contributed by atoms with E-state index in [-0.39, 0.29) is 12.0 Å². The topological polar surface area (TPSA) is 83.6 Å². The van der Waals surface area contributed by atoms with E-state index in [2.05, 4.69) is 39.7 Å². The van der Waals surface area contributed by atoms with Crippen molar-refractivity contribution < 1.29 is 4.79 Å². The first-order valence-corrected chi connectivity index (χ1v) is 9.15. The molecule has 1 aromatic carbocycles. The first-order chi connectivity index (χ1) is 12.7. The van der Waals surface area contributed by atoms with Crippen molar-refractivity contribution in [1.29, 1.82) is 0 Å². The molecule has 1 amide bonds. The van der Waals surface area contributed by atoms with Crippen LogP contribution in [0, 0.1) is 0 Å². The van der Waals surface area contributed by atoms with Crippen molar-refractivity contribution >= 4 is 17.6 Å². The number of pyridine rings is 1. The van der Waals surface area contributed by atoms with Gasteiger partial charge in [0.2, 0.25) is 5.84 Å². The van der Waals surface area contributed by atoms with E-state index < -0.39 is 5.91 Å². The first-order valence-electron chi connectivity index (χ1n) is 9.15. The van der Waals surface area contributed by atoms with Crippen molar-refractivity contribution in [3.63, 3.8) is 0 Å². The average Bonchev–Trinajstić information content (AvgIpc) is 3.33. The largest absolute Gasteiger partial charge is 0.363 e. The summed E-state index contributed by atoms with van der Waals surface area (Å²) in [7, 11) is 0. The molecule has 0 radical (unpaired) electrons. The van der Waals surface area contributed by atoms with Crippen molar-refractivity contribution in [2.24, 2.45) is 10.8 Å². The Labute approximate surface area is 153 Å². The Morgan fingerprint density at radius 2 is 1.96 bits per heavy atom. The van der Waals surface area contributed by atoms with Crippen LogP contribution in [0.15, 0.2) is 53.8 Å². The second-order valence-corrected chi connectivity index (χ2v) is 6.94. The number of amidine groups is 1. The van der Waals surface area contributed by atoms with E-state index in [0.717, 1.165) is 11.4 Å². The fourth-order valence-electron chi connectivity index (χ4n) is 3.80. The summed E-state index contributed by atoms with van der Waals surface area (Å²) >= 11 is 0. The monoisotopic (exact) mass is 349 g/mol. The van der Waals surface area contributed by atoms with Crippen LogP contribution in [-0.2, 0) is 11.2 Å². The van der Waals surface area contributed by atoms with Crippen LogP contribution in [0.1, 0.15) is 42.7 Å². The van der Waals surface area contributed by atoms with Crippen LogP contribution in [0.5, 0.6) is 0 Å². The molecule has 6 heteroatoms. The van der Waals surface area contributed by atoms with Gasteiger partial charge in [-0.2, -0.15) is 0 Å². The van der Waals surface area contributed by atoms with Crippen LogP contribution in [0.25, 0.3) is 0 Å². The van der Waals surface area contributed by atoms with Crippen molar-refractivity contribution in [2.75, 3.05) is 5.01 Å². The Hall–Kier alpha value is -2.89. The molecule has 0 bridgehead atoms. The summed E-state index contributed by atoms with van der Waals surface area (Å²) in [6.45, 7) is 0. The molecule has 1 aliphatic heterocycles. The van der Waals surface area contributed by atoms with Gasteiger partial charge in [-0.15, -0.1) is 5.10 Å². The standard InChI is InChI=1S/C20H23N5O/c21-19(26)20-23-18(12-14-6-2-1-3-7-14)25(24-20)17-13-16(10-11-22-17)15-8-4-5-9-15/h1-3,6-7,10-11,13,15,18H,4-5,8-9,12H2,(H2,21,26)(H,23,24). The highest BCUT2D eigenvalue weighted by Gasteiger charge is 2.31. The summed E-state index contributed by atoms with van der Waals surface area (Å²) in [6, 6.07) is 14.3. The smallest absolute Gasteiger partial charge is 0.286 e. The van der Waals surface area contributed by atoms with E-state index >= 15 is 0 Å². The Bertz CT molecular complexity index is 814.